The van der Waals surface area contributed by atoms with Gasteiger partial charge in [-0.05, 0) is 147 Å². The molecule has 0 saturated heterocycles. The van der Waals surface area contributed by atoms with Crippen LogP contribution in [0.5, 0.6) is 0 Å². The molecule has 0 unspecified atom stereocenters. The molecule has 25 aromatic rings. The van der Waals surface area contributed by atoms with E-state index in [4.69, 9.17) is 39.9 Å². The summed E-state index contributed by atoms with van der Waals surface area (Å²) in [5.74, 6) is 4.73. The molecule has 0 amide bonds. The highest BCUT2D eigenvalue weighted by Crippen LogP contribution is 2.59. The van der Waals surface area contributed by atoms with Gasteiger partial charge in [0.05, 0.1) is 16.1 Å². The zero-order valence-corrected chi connectivity index (χ0v) is 75.0. The van der Waals surface area contributed by atoms with Crippen LogP contribution in [0.15, 0.2) is 449 Å². The average molecular weight is 1770 g/mol. The summed E-state index contributed by atoms with van der Waals surface area (Å²) in [5.41, 5.74) is 34.1. The van der Waals surface area contributed by atoms with Gasteiger partial charge >= 0.3 is 0 Å². The molecule has 3 aliphatic rings. The van der Waals surface area contributed by atoms with Gasteiger partial charge in [0.1, 0.15) is 0 Å². The predicted molar refractivity (Wildman–Crippen MR) is 564 cm³/mol. The Morgan fingerprint density at radius 3 is 0.919 bits per heavy atom. The largest absolute Gasteiger partial charge is 0.227 e. The fraction of sp³-hybridized carbons (Fsp3) is 0. The molecule has 11 heteroatoms. The van der Waals surface area contributed by atoms with Crippen LogP contribution in [0.3, 0.4) is 0 Å². The van der Waals surface area contributed by atoms with Gasteiger partial charge in [-0.2, -0.15) is 0 Å². The maximum absolute atomic E-state index is 5.25. The summed E-state index contributed by atoms with van der Waals surface area (Å²) in [6.07, 6.45) is 0. The van der Waals surface area contributed by atoms with E-state index in [-0.39, 0.29) is 0 Å². The van der Waals surface area contributed by atoms with Crippen molar-refractivity contribution < 1.29 is 0 Å². The highest BCUT2D eigenvalue weighted by Gasteiger charge is 2.32. The van der Waals surface area contributed by atoms with Crippen LogP contribution in [-0.2, 0) is 0 Å². The van der Waals surface area contributed by atoms with E-state index >= 15 is 0 Å². The van der Waals surface area contributed by atoms with E-state index in [2.05, 4.69) is 376 Å². The lowest BCUT2D eigenvalue weighted by molar-refractivity contribution is 1.07. The summed E-state index contributed by atoms with van der Waals surface area (Å²) in [5, 5.41) is 9.64. The molecule has 0 spiro atoms. The van der Waals surface area contributed by atoms with E-state index in [9.17, 15) is 0 Å². The Morgan fingerprint density at radius 1 is 0.148 bits per heavy atom. The van der Waals surface area contributed by atoms with Gasteiger partial charge in [0.2, 0.25) is 0 Å². The second-order valence-corrected chi connectivity index (χ2v) is 37.2. The smallest absolute Gasteiger partial charge is 0.171 e. The minimum absolute atomic E-state index is 0.654. The van der Waals surface area contributed by atoms with Gasteiger partial charge in [-0.15, -0.1) is 34.0 Å². The zero-order valence-electron chi connectivity index (χ0n) is 72.5. The van der Waals surface area contributed by atoms with Crippen LogP contribution in [-0.4, -0.2) is 39.9 Å². The molecule has 6 heterocycles. The SMILES string of the molecule is c1ccc(-c2nc(-c3ccc(-c4sc5cccc6c5c4-c4ccccc4-c4ccccc4-6)cc3)nc(-c3ccc4ccccc4c3)n2)cc1.c1ccc(-c2nc(-c3ccccc3)nc(-c3ccc(-c4sc5cccc6c5c4-c4ccccc4-c4ccccc4-6)c4ccccc34)n2)cc1.c1ccc(-c2nc(-c3sc4cccc5c4c3-c3ccccc3-c3ccccc3-5)nc3ccccc23)cc1. The van der Waals surface area contributed by atoms with Crippen LogP contribution in [0.2, 0.25) is 0 Å². The monoisotopic (exact) mass is 1770 g/mol. The first-order chi connectivity index (χ1) is 67.0. The molecule has 0 N–H and O–H groups in total. The first-order valence-electron chi connectivity index (χ1n) is 45.3. The quantitative estimate of drug-likeness (QED) is 0.133. The van der Waals surface area contributed by atoms with Crippen molar-refractivity contribution in [3.8, 4) is 211 Å². The second kappa shape index (κ2) is 33.1. The number of fused-ring (bicyclic) bond motifs is 18. The number of rotatable bonds is 10. The number of hydrogen-bond acceptors (Lipinski definition) is 11. The van der Waals surface area contributed by atoms with Crippen molar-refractivity contribution in [1.82, 2.24) is 39.9 Å². The van der Waals surface area contributed by atoms with E-state index in [0.29, 0.717) is 34.9 Å². The van der Waals surface area contributed by atoms with Gasteiger partial charge in [0, 0.05) is 107 Å². The third kappa shape index (κ3) is 13.7. The highest BCUT2D eigenvalue weighted by atomic mass is 32.1. The first-order valence-corrected chi connectivity index (χ1v) is 47.8. The Morgan fingerprint density at radius 2 is 0.452 bits per heavy atom. The second-order valence-electron chi connectivity index (χ2n) is 34.1. The topological polar surface area (TPSA) is 103 Å². The third-order valence-corrected chi connectivity index (χ3v) is 29.8. The van der Waals surface area contributed by atoms with Gasteiger partial charge in [0.15, 0.2) is 40.8 Å². The van der Waals surface area contributed by atoms with E-state index in [0.717, 1.165) is 77.0 Å². The van der Waals surface area contributed by atoms with Gasteiger partial charge in [-0.25, -0.2) is 39.9 Å². The number of hydrogen-bond donors (Lipinski definition) is 0. The molecule has 628 valence electrons. The average Bonchev–Trinajstić information content (AvgIpc) is 1.57. The van der Waals surface area contributed by atoms with E-state index in [1.807, 2.05) is 95.5 Å². The highest BCUT2D eigenvalue weighted by molar-refractivity contribution is 7.24. The fourth-order valence-electron chi connectivity index (χ4n) is 20.2. The lowest BCUT2D eigenvalue weighted by atomic mass is 9.91. The number of thiophene rings is 3. The summed E-state index contributed by atoms with van der Waals surface area (Å²) < 4.78 is 3.84. The molecule has 0 bridgehead atoms. The first kappa shape index (κ1) is 78.9. The minimum Gasteiger partial charge on any atom is -0.227 e. The van der Waals surface area contributed by atoms with Gasteiger partial charge in [-0.3, -0.25) is 0 Å². The van der Waals surface area contributed by atoms with Crippen molar-refractivity contribution in [2.24, 2.45) is 0 Å². The number of aromatic nitrogens is 8. The van der Waals surface area contributed by atoms with E-state index in [1.165, 1.54) is 162 Å². The fourth-order valence-corrected chi connectivity index (χ4v) is 23.9. The van der Waals surface area contributed by atoms with E-state index in [1.54, 1.807) is 11.3 Å². The maximum Gasteiger partial charge on any atom is 0.171 e. The Balaban J connectivity index is 0.000000107. The van der Waals surface area contributed by atoms with Gasteiger partial charge < -0.3 is 0 Å². The number of nitrogens with zero attached hydrogens (tertiary/aromatic N) is 8. The standard InChI is InChI=1S/2C45H27N3S.C34H20N2S/c1-3-14-28(15-4-1)43-46-44(29-16-5-2-6-17-29)48-45(47-43)38-27-26-37(33-21-9-10-22-34(33)38)42-41-36-23-12-11-20-32(36)30-18-7-8-19-31(30)35-24-13-25-39(49-42)40(35)41;1-2-12-30(13-3-1)43-46-44(48-45(47-43)33-26-21-28-11-4-5-14-32(28)27-33)31-24-22-29(23-25-31)42-41-38-18-9-8-17-36(38)34-15-6-7-16-35(34)37-19-10-20-39(49-42)40(37)41;1-2-11-21(12-3-1)32-27-17-8-9-19-28(27)35-34(36-32)33-31-26-16-7-6-15-24(26)22-13-4-5-14-23(22)25-18-10-20-29(37-33)30(25)31/h2*1-27H;1-20H. The van der Waals surface area contributed by atoms with Gasteiger partial charge in [-0.1, -0.05) is 413 Å². The number of para-hydroxylation sites is 1. The van der Waals surface area contributed by atoms with Crippen molar-refractivity contribution in [1.29, 1.82) is 0 Å². The summed E-state index contributed by atoms with van der Waals surface area (Å²) in [7, 11) is 0. The summed E-state index contributed by atoms with van der Waals surface area (Å²) >= 11 is 5.53. The minimum atomic E-state index is 0.654. The molecule has 0 radical (unpaired) electrons. The van der Waals surface area contributed by atoms with E-state index < -0.39 is 0 Å². The normalized spacial score (nSPS) is 11.7. The van der Waals surface area contributed by atoms with Crippen molar-refractivity contribution in [2.45, 2.75) is 0 Å². The molecule has 0 fully saturated rings. The Hall–Kier alpha value is -17.1. The molecule has 0 atom stereocenters. The van der Waals surface area contributed by atoms with Crippen LogP contribution >= 0.6 is 34.0 Å². The molecule has 0 aliphatic heterocycles. The Labute approximate surface area is 790 Å². The van der Waals surface area contributed by atoms with Crippen LogP contribution < -0.4 is 0 Å². The molecule has 6 aromatic heterocycles. The summed E-state index contributed by atoms with van der Waals surface area (Å²) in [6.45, 7) is 0. The maximum atomic E-state index is 5.25. The predicted octanol–water partition coefficient (Wildman–Crippen LogP) is 33.9. The van der Waals surface area contributed by atoms with Crippen LogP contribution in [0.4, 0.5) is 0 Å². The molecule has 0 saturated carbocycles. The summed E-state index contributed by atoms with van der Waals surface area (Å²) in [6, 6.07) is 159. The summed E-state index contributed by atoms with van der Waals surface area (Å²) in [4.78, 5) is 44.2. The Kier molecular flexibility index (Phi) is 19.4. The zero-order chi connectivity index (χ0) is 89.0. The van der Waals surface area contributed by atoms with Crippen molar-refractivity contribution in [3.05, 3.63) is 449 Å². The van der Waals surface area contributed by atoms with Crippen LogP contribution in [0, 0.1) is 0 Å². The molecule has 28 rings (SSSR count). The molecule has 8 nitrogen and oxygen atoms in total. The molecule has 135 heavy (non-hydrogen) atoms. The Bertz CT molecular complexity index is 9000. The number of benzene rings is 19. The third-order valence-electron chi connectivity index (χ3n) is 26.3. The molecular formula is C124H74N8S3. The van der Waals surface area contributed by atoms with Crippen molar-refractivity contribution >= 4 is 96.7 Å². The van der Waals surface area contributed by atoms with Crippen LogP contribution in [0.1, 0.15) is 0 Å². The van der Waals surface area contributed by atoms with Crippen molar-refractivity contribution in [2.75, 3.05) is 0 Å². The lowest BCUT2D eigenvalue weighted by Crippen LogP contribution is -2.00. The lowest BCUT2D eigenvalue weighted by Gasteiger charge is -2.14. The molecular weight excluding hydrogens is 1700 g/mol. The molecule has 19 aromatic carbocycles. The van der Waals surface area contributed by atoms with Crippen LogP contribution in [0.25, 0.3) is 274 Å². The van der Waals surface area contributed by atoms with Gasteiger partial charge in [0.25, 0.3) is 0 Å². The van der Waals surface area contributed by atoms with Crippen molar-refractivity contribution in [3.63, 3.8) is 0 Å². The molecule has 3 aliphatic carbocycles.